The molecule has 0 spiro atoms. The van der Waals surface area contributed by atoms with Crippen LogP contribution in [0.15, 0.2) is 26.0 Å². The molecule has 0 saturated carbocycles. The Morgan fingerprint density at radius 2 is 1.61 bits per heavy atom. The second-order valence-electron chi connectivity index (χ2n) is 7.65. The number of aryl methyl sites for hydroxylation is 1. The molecule has 2 rings (SSSR count). The largest absolute Gasteiger partial charge is 0.307 e. The maximum atomic E-state index is 12.8. The summed E-state index contributed by atoms with van der Waals surface area (Å²) in [5.74, 6) is 0. The third-order valence-electron chi connectivity index (χ3n) is 4.01. The van der Waals surface area contributed by atoms with E-state index in [0.29, 0.717) is 4.47 Å². The molecule has 23 heavy (non-hydrogen) atoms. The summed E-state index contributed by atoms with van der Waals surface area (Å²) >= 11 is 6.79. The van der Waals surface area contributed by atoms with Crippen LogP contribution in [0.2, 0.25) is 0 Å². The Morgan fingerprint density at radius 3 is 2.13 bits per heavy atom. The maximum Gasteiger partial charge on any atom is 0.241 e. The number of benzene rings is 1. The molecule has 1 aliphatic rings. The number of piperidine rings is 1. The Bertz CT molecular complexity index is 699. The zero-order valence-corrected chi connectivity index (χ0v) is 18.1. The lowest BCUT2D eigenvalue weighted by molar-refractivity contribution is 0.157. The summed E-state index contributed by atoms with van der Waals surface area (Å²) in [6, 6.07) is 3.37. The van der Waals surface area contributed by atoms with Gasteiger partial charge in [-0.1, -0.05) is 15.9 Å². The Morgan fingerprint density at radius 1 is 1.09 bits per heavy atom. The maximum absolute atomic E-state index is 12.8. The van der Waals surface area contributed by atoms with Gasteiger partial charge in [-0.2, -0.15) is 0 Å². The quantitative estimate of drug-likeness (QED) is 0.703. The molecule has 0 atom stereocenters. The van der Waals surface area contributed by atoms with Gasteiger partial charge >= 0.3 is 0 Å². The Labute approximate surface area is 156 Å². The minimum absolute atomic E-state index is 0.0989. The summed E-state index contributed by atoms with van der Waals surface area (Å²) in [6.07, 6.45) is 1.50. The van der Waals surface area contributed by atoms with Gasteiger partial charge in [0.2, 0.25) is 10.0 Å². The molecule has 0 unspecified atom stereocenters. The van der Waals surface area contributed by atoms with Crippen molar-refractivity contribution in [2.24, 2.45) is 0 Å². The van der Waals surface area contributed by atoms with Crippen LogP contribution in [0.4, 0.5) is 0 Å². The van der Waals surface area contributed by atoms with Crippen molar-refractivity contribution in [3.63, 3.8) is 0 Å². The molecule has 0 aromatic heterocycles. The number of hydrogen-bond acceptors (Lipinski definition) is 3. The lowest BCUT2D eigenvalue weighted by Crippen LogP contribution is -2.62. The topological polar surface area (TPSA) is 58.2 Å². The van der Waals surface area contributed by atoms with Gasteiger partial charge in [0.05, 0.1) is 4.90 Å². The van der Waals surface area contributed by atoms with E-state index in [4.69, 9.17) is 0 Å². The standard InChI is InChI=1S/C16H24Br2N2O2S/c1-10-6-13(18)14(7-12(10)17)23(21,22)19-11-8-15(2,3)20-16(4,5)9-11/h6-7,11,19-20H,8-9H2,1-5H3. The molecule has 1 aromatic carbocycles. The SMILES string of the molecule is Cc1cc(Br)c(S(=O)(=O)NC2CC(C)(C)NC(C)(C)C2)cc1Br. The molecule has 7 heteroatoms. The smallest absolute Gasteiger partial charge is 0.241 e. The summed E-state index contributed by atoms with van der Waals surface area (Å²) in [5, 5.41) is 3.56. The fourth-order valence-electron chi connectivity index (χ4n) is 3.52. The van der Waals surface area contributed by atoms with E-state index < -0.39 is 10.0 Å². The summed E-state index contributed by atoms with van der Waals surface area (Å²) in [5.41, 5.74) is 0.764. The van der Waals surface area contributed by atoms with Crippen LogP contribution in [0.1, 0.15) is 46.1 Å². The first-order valence-electron chi connectivity index (χ1n) is 7.59. The normalized spacial score (nSPS) is 21.3. The van der Waals surface area contributed by atoms with E-state index in [1.165, 1.54) is 0 Å². The molecule has 1 heterocycles. The van der Waals surface area contributed by atoms with E-state index in [-0.39, 0.29) is 22.0 Å². The lowest BCUT2D eigenvalue weighted by atomic mass is 9.80. The van der Waals surface area contributed by atoms with Gasteiger partial charge in [0.15, 0.2) is 0 Å². The van der Waals surface area contributed by atoms with E-state index in [2.05, 4.69) is 69.6 Å². The molecule has 4 nitrogen and oxygen atoms in total. The molecule has 0 bridgehead atoms. The predicted molar refractivity (Wildman–Crippen MR) is 101 cm³/mol. The van der Waals surface area contributed by atoms with Crippen molar-refractivity contribution in [1.29, 1.82) is 0 Å². The fourth-order valence-corrected chi connectivity index (χ4v) is 6.44. The van der Waals surface area contributed by atoms with E-state index in [0.717, 1.165) is 22.9 Å². The average Bonchev–Trinajstić information content (AvgIpc) is 2.28. The zero-order valence-electron chi connectivity index (χ0n) is 14.1. The average molecular weight is 468 g/mol. The Balaban J connectivity index is 2.30. The number of nitrogens with one attached hydrogen (secondary N) is 2. The summed E-state index contributed by atoms with van der Waals surface area (Å²) in [4.78, 5) is 0.268. The first-order chi connectivity index (χ1) is 10.3. The highest BCUT2D eigenvalue weighted by Gasteiger charge is 2.39. The lowest BCUT2D eigenvalue weighted by Gasteiger charge is -2.46. The summed E-state index contributed by atoms with van der Waals surface area (Å²) in [6.45, 7) is 10.3. The summed E-state index contributed by atoms with van der Waals surface area (Å²) < 4.78 is 29.9. The molecule has 1 fully saturated rings. The summed E-state index contributed by atoms with van der Waals surface area (Å²) in [7, 11) is -3.58. The molecule has 1 aliphatic heterocycles. The second-order valence-corrected chi connectivity index (χ2v) is 11.0. The van der Waals surface area contributed by atoms with Crippen molar-refractivity contribution in [1.82, 2.24) is 10.0 Å². The molecule has 0 amide bonds. The van der Waals surface area contributed by atoms with Crippen LogP contribution in [-0.4, -0.2) is 25.5 Å². The van der Waals surface area contributed by atoms with Crippen LogP contribution in [0, 0.1) is 6.92 Å². The van der Waals surface area contributed by atoms with Gasteiger partial charge in [-0.05, 0) is 81.1 Å². The van der Waals surface area contributed by atoms with Gasteiger partial charge in [0.1, 0.15) is 0 Å². The monoisotopic (exact) mass is 466 g/mol. The zero-order chi connectivity index (χ0) is 17.6. The molecular weight excluding hydrogens is 444 g/mol. The Hall–Kier alpha value is 0.0500. The molecular formula is C16H24Br2N2O2S. The molecule has 0 aliphatic carbocycles. The van der Waals surface area contributed by atoms with Crippen molar-refractivity contribution < 1.29 is 8.42 Å². The molecule has 0 radical (unpaired) electrons. The first kappa shape index (κ1) is 19.4. The number of halogens is 2. The highest BCUT2D eigenvalue weighted by atomic mass is 79.9. The van der Waals surface area contributed by atoms with Gasteiger partial charge in [-0.15, -0.1) is 0 Å². The number of hydrogen-bond donors (Lipinski definition) is 2. The molecule has 2 N–H and O–H groups in total. The fraction of sp³-hybridized carbons (Fsp3) is 0.625. The molecule has 1 aromatic rings. The van der Waals surface area contributed by atoms with Gasteiger partial charge in [-0.25, -0.2) is 13.1 Å². The first-order valence-corrected chi connectivity index (χ1v) is 10.7. The van der Waals surface area contributed by atoms with Crippen molar-refractivity contribution in [3.05, 3.63) is 26.6 Å². The number of rotatable bonds is 3. The predicted octanol–water partition coefficient (Wildman–Crippen LogP) is 4.11. The van der Waals surface area contributed by atoms with E-state index in [9.17, 15) is 8.42 Å². The molecule has 1 saturated heterocycles. The van der Waals surface area contributed by atoms with Gasteiger partial charge in [0, 0.05) is 26.1 Å². The highest BCUT2D eigenvalue weighted by molar-refractivity contribution is 9.11. The third-order valence-corrected chi connectivity index (χ3v) is 7.35. The van der Waals surface area contributed by atoms with E-state index in [1.54, 1.807) is 6.07 Å². The van der Waals surface area contributed by atoms with Crippen LogP contribution in [-0.2, 0) is 10.0 Å². The minimum Gasteiger partial charge on any atom is -0.307 e. The minimum atomic E-state index is -3.58. The molecule has 130 valence electrons. The van der Waals surface area contributed by atoms with Gasteiger partial charge in [-0.3, -0.25) is 0 Å². The van der Waals surface area contributed by atoms with Crippen molar-refractivity contribution in [2.75, 3.05) is 0 Å². The van der Waals surface area contributed by atoms with Crippen molar-refractivity contribution in [2.45, 2.75) is 69.5 Å². The van der Waals surface area contributed by atoms with Crippen molar-refractivity contribution in [3.8, 4) is 0 Å². The van der Waals surface area contributed by atoms with Crippen LogP contribution < -0.4 is 10.0 Å². The Kier molecular flexibility index (Phi) is 5.40. The van der Waals surface area contributed by atoms with Crippen LogP contribution in [0.3, 0.4) is 0 Å². The van der Waals surface area contributed by atoms with Crippen molar-refractivity contribution >= 4 is 41.9 Å². The second kappa shape index (κ2) is 6.41. The van der Waals surface area contributed by atoms with Crippen LogP contribution in [0.5, 0.6) is 0 Å². The highest BCUT2D eigenvalue weighted by Crippen LogP contribution is 2.32. The van der Waals surface area contributed by atoms with Crippen LogP contribution >= 0.6 is 31.9 Å². The van der Waals surface area contributed by atoms with E-state index in [1.807, 2.05) is 13.0 Å². The van der Waals surface area contributed by atoms with E-state index >= 15 is 0 Å². The third kappa shape index (κ3) is 4.78. The van der Waals surface area contributed by atoms with Gasteiger partial charge < -0.3 is 5.32 Å². The van der Waals surface area contributed by atoms with Crippen LogP contribution in [0.25, 0.3) is 0 Å². The number of sulfonamides is 1. The van der Waals surface area contributed by atoms with Gasteiger partial charge in [0.25, 0.3) is 0 Å².